The number of ether oxygens (including phenoxy) is 4. The van der Waals surface area contributed by atoms with Gasteiger partial charge >= 0.3 is 0 Å². The Morgan fingerprint density at radius 2 is 2.00 bits per heavy atom. The van der Waals surface area contributed by atoms with Gasteiger partial charge in [-0.05, 0) is 30.7 Å². The number of likely N-dealkylation sites (N-methyl/N-ethyl adjacent to an activating group) is 1. The largest absolute Gasteiger partial charge is 0.491 e. The van der Waals surface area contributed by atoms with Crippen LogP contribution in [0.2, 0.25) is 0 Å². The van der Waals surface area contributed by atoms with Crippen molar-refractivity contribution >= 4 is 5.69 Å². The molecule has 3 atom stereocenters. The Balaban J connectivity index is 1.45. The van der Waals surface area contributed by atoms with Gasteiger partial charge in [-0.3, -0.25) is 0 Å². The Bertz CT molecular complexity index is 535. The smallest absolute Gasteiger partial charge is 0.167 e. The highest BCUT2D eigenvalue weighted by molar-refractivity contribution is 5.57. The Morgan fingerprint density at radius 3 is 2.57 bits per heavy atom. The van der Waals surface area contributed by atoms with Gasteiger partial charge in [0.2, 0.25) is 0 Å². The number of aryl methyl sites for hydroxylation is 1. The molecule has 1 aromatic rings. The standard InChI is InChI=1S/C16H21NO4/c1-11-5-12(18-8-14-9-20-14)3-4-15(11)17(2)16(10-21-16)6-13-7-19-13/h3-5,13-14H,6-10H2,1-2H3. The molecule has 114 valence electrons. The summed E-state index contributed by atoms with van der Waals surface area (Å²) >= 11 is 0. The molecule has 0 N–H and O–H groups in total. The van der Waals surface area contributed by atoms with Gasteiger partial charge < -0.3 is 23.8 Å². The second kappa shape index (κ2) is 4.87. The Labute approximate surface area is 124 Å². The van der Waals surface area contributed by atoms with E-state index in [-0.39, 0.29) is 11.8 Å². The van der Waals surface area contributed by atoms with Crippen LogP contribution in [0.1, 0.15) is 12.0 Å². The highest BCUT2D eigenvalue weighted by Gasteiger charge is 2.52. The van der Waals surface area contributed by atoms with Crippen LogP contribution in [0, 0.1) is 6.92 Å². The third kappa shape index (κ3) is 2.86. The van der Waals surface area contributed by atoms with Gasteiger partial charge in [0, 0.05) is 19.2 Å². The summed E-state index contributed by atoms with van der Waals surface area (Å²) in [5.74, 6) is 0.899. The zero-order chi connectivity index (χ0) is 14.4. The van der Waals surface area contributed by atoms with Crippen LogP contribution in [0.15, 0.2) is 18.2 Å². The molecule has 0 aromatic heterocycles. The lowest BCUT2D eigenvalue weighted by atomic mass is 10.1. The van der Waals surface area contributed by atoms with Crippen molar-refractivity contribution in [3.8, 4) is 5.75 Å². The minimum atomic E-state index is -0.170. The van der Waals surface area contributed by atoms with Crippen molar-refractivity contribution < 1.29 is 18.9 Å². The minimum absolute atomic E-state index is 0.170. The van der Waals surface area contributed by atoms with Crippen molar-refractivity contribution in [3.63, 3.8) is 0 Å². The fraction of sp³-hybridized carbons (Fsp3) is 0.625. The summed E-state index contributed by atoms with van der Waals surface area (Å²) in [6.07, 6.45) is 1.60. The van der Waals surface area contributed by atoms with Crippen molar-refractivity contribution in [2.75, 3.05) is 38.4 Å². The molecule has 0 bridgehead atoms. The van der Waals surface area contributed by atoms with Crippen molar-refractivity contribution in [3.05, 3.63) is 23.8 Å². The molecule has 5 heteroatoms. The van der Waals surface area contributed by atoms with Gasteiger partial charge in [0.1, 0.15) is 18.5 Å². The molecular formula is C16H21NO4. The summed E-state index contributed by atoms with van der Waals surface area (Å²) < 4.78 is 22.0. The predicted octanol–water partition coefficient (Wildman–Crippen LogP) is 1.72. The molecule has 3 aliphatic rings. The van der Waals surface area contributed by atoms with Gasteiger partial charge in [0.25, 0.3) is 0 Å². The van der Waals surface area contributed by atoms with E-state index in [4.69, 9.17) is 18.9 Å². The summed E-state index contributed by atoms with van der Waals surface area (Å²) in [5.41, 5.74) is 2.21. The lowest BCUT2D eigenvalue weighted by Crippen LogP contribution is -2.37. The Kier molecular flexibility index (Phi) is 3.10. The number of nitrogens with zero attached hydrogens (tertiary/aromatic N) is 1. The summed E-state index contributed by atoms with van der Waals surface area (Å²) in [7, 11) is 2.09. The summed E-state index contributed by atoms with van der Waals surface area (Å²) in [6.45, 7) is 5.22. The number of rotatable bonds is 7. The first-order valence-corrected chi connectivity index (χ1v) is 7.51. The van der Waals surface area contributed by atoms with E-state index < -0.39 is 0 Å². The maximum atomic E-state index is 5.73. The SMILES string of the molecule is Cc1cc(OCC2CO2)ccc1N(C)C1(CC2CO2)CO1. The van der Waals surface area contributed by atoms with E-state index in [2.05, 4.69) is 31.0 Å². The van der Waals surface area contributed by atoms with Gasteiger partial charge in [-0.25, -0.2) is 0 Å². The predicted molar refractivity (Wildman–Crippen MR) is 77.9 cm³/mol. The Hall–Kier alpha value is -1.30. The molecule has 3 heterocycles. The molecule has 0 saturated carbocycles. The molecule has 0 aliphatic carbocycles. The first-order valence-electron chi connectivity index (χ1n) is 7.51. The molecule has 0 spiro atoms. The maximum absolute atomic E-state index is 5.73. The van der Waals surface area contributed by atoms with E-state index in [1.807, 2.05) is 6.07 Å². The van der Waals surface area contributed by atoms with Crippen LogP contribution in [0.4, 0.5) is 5.69 Å². The first kappa shape index (κ1) is 13.4. The van der Waals surface area contributed by atoms with E-state index in [1.54, 1.807) is 0 Å². The van der Waals surface area contributed by atoms with Crippen molar-refractivity contribution in [1.29, 1.82) is 0 Å². The average molecular weight is 291 g/mol. The molecule has 0 amide bonds. The average Bonchev–Trinajstić information content (AvgIpc) is 3.34. The zero-order valence-electron chi connectivity index (χ0n) is 12.5. The van der Waals surface area contributed by atoms with Crippen molar-refractivity contribution in [1.82, 2.24) is 0 Å². The highest BCUT2D eigenvalue weighted by atomic mass is 16.6. The monoisotopic (exact) mass is 291 g/mol. The lowest BCUT2D eigenvalue weighted by Gasteiger charge is -2.28. The quantitative estimate of drug-likeness (QED) is 0.716. The minimum Gasteiger partial charge on any atom is -0.491 e. The molecule has 4 rings (SSSR count). The third-order valence-electron chi connectivity index (χ3n) is 4.41. The van der Waals surface area contributed by atoms with Crippen LogP contribution >= 0.6 is 0 Å². The van der Waals surface area contributed by atoms with Gasteiger partial charge in [0.15, 0.2) is 5.72 Å². The maximum Gasteiger partial charge on any atom is 0.167 e. The summed E-state index contributed by atoms with van der Waals surface area (Å²) in [5, 5.41) is 0. The van der Waals surface area contributed by atoms with Crippen LogP contribution in [-0.2, 0) is 14.2 Å². The van der Waals surface area contributed by atoms with E-state index in [1.165, 1.54) is 11.3 Å². The molecule has 3 unspecified atom stereocenters. The van der Waals surface area contributed by atoms with E-state index in [0.29, 0.717) is 12.7 Å². The first-order chi connectivity index (χ1) is 10.2. The van der Waals surface area contributed by atoms with Crippen LogP contribution in [0.25, 0.3) is 0 Å². The molecular weight excluding hydrogens is 270 g/mol. The number of hydrogen-bond donors (Lipinski definition) is 0. The molecule has 3 saturated heterocycles. The van der Waals surface area contributed by atoms with Gasteiger partial charge in [-0.2, -0.15) is 0 Å². The van der Waals surface area contributed by atoms with Crippen molar-refractivity contribution in [2.45, 2.75) is 31.3 Å². The van der Waals surface area contributed by atoms with Gasteiger partial charge in [0.05, 0.1) is 25.9 Å². The molecule has 0 radical (unpaired) electrons. The number of anilines is 1. The van der Waals surface area contributed by atoms with Crippen LogP contribution in [0.3, 0.4) is 0 Å². The summed E-state index contributed by atoms with van der Waals surface area (Å²) in [4.78, 5) is 2.23. The fourth-order valence-electron chi connectivity index (χ4n) is 2.74. The van der Waals surface area contributed by atoms with E-state index >= 15 is 0 Å². The molecule has 21 heavy (non-hydrogen) atoms. The van der Waals surface area contributed by atoms with Crippen LogP contribution < -0.4 is 9.64 Å². The summed E-state index contributed by atoms with van der Waals surface area (Å²) in [6, 6.07) is 6.21. The van der Waals surface area contributed by atoms with Gasteiger partial charge in [-0.15, -0.1) is 0 Å². The second-order valence-corrected chi connectivity index (χ2v) is 6.17. The molecule has 3 fully saturated rings. The van der Waals surface area contributed by atoms with E-state index in [0.717, 1.165) is 32.0 Å². The zero-order valence-corrected chi connectivity index (χ0v) is 12.5. The normalized spacial score (nSPS) is 32.7. The second-order valence-electron chi connectivity index (χ2n) is 6.17. The van der Waals surface area contributed by atoms with Crippen LogP contribution in [-0.4, -0.2) is 51.4 Å². The third-order valence-corrected chi connectivity index (χ3v) is 4.41. The molecule has 5 nitrogen and oxygen atoms in total. The molecule has 1 aromatic carbocycles. The van der Waals surface area contributed by atoms with E-state index in [9.17, 15) is 0 Å². The number of epoxide rings is 3. The number of hydrogen-bond acceptors (Lipinski definition) is 5. The van der Waals surface area contributed by atoms with Crippen molar-refractivity contribution in [2.24, 2.45) is 0 Å². The van der Waals surface area contributed by atoms with Gasteiger partial charge in [-0.1, -0.05) is 0 Å². The lowest BCUT2D eigenvalue weighted by molar-refractivity contribution is 0.257. The number of benzene rings is 1. The fourth-order valence-corrected chi connectivity index (χ4v) is 2.74. The topological polar surface area (TPSA) is 50.1 Å². The highest BCUT2D eigenvalue weighted by Crippen LogP contribution is 2.42. The van der Waals surface area contributed by atoms with Crippen LogP contribution in [0.5, 0.6) is 5.75 Å². The Morgan fingerprint density at radius 1 is 1.29 bits per heavy atom. The molecule has 3 aliphatic heterocycles.